The molecule has 2 N–H and O–H groups in total. The van der Waals surface area contributed by atoms with E-state index < -0.39 is 11.4 Å². The largest absolute Gasteiger partial charge is 0.465 e. The van der Waals surface area contributed by atoms with E-state index in [0.717, 1.165) is 5.57 Å². The molecule has 0 bridgehead atoms. The van der Waals surface area contributed by atoms with Crippen molar-refractivity contribution in [3.8, 4) is 0 Å². The van der Waals surface area contributed by atoms with Crippen LogP contribution in [0.4, 0.5) is 0 Å². The maximum Gasteiger partial charge on any atom is 0.339 e. The van der Waals surface area contributed by atoms with Crippen LogP contribution >= 0.6 is 0 Å². The Morgan fingerprint density at radius 2 is 2.11 bits per heavy atom. The molecule has 0 saturated carbocycles. The second-order valence-corrected chi connectivity index (χ2v) is 4.56. The second-order valence-electron chi connectivity index (χ2n) is 4.56. The number of nitrogens with two attached hydrogens (primary N) is 1. The van der Waals surface area contributed by atoms with E-state index in [9.17, 15) is 9.59 Å². The van der Waals surface area contributed by atoms with Gasteiger partial charge in [-0.3, -0.25) is 4.79 Å². The van der Waals surface area contributed by atoms with E-state index >= 15 is 0 Å². The van der Waals surface area contributed by atoms with Crippen molar-refractivity contribution in [1.82, 2.24) is 0 Å². The molecule has 1 aliphatic carbocycles. The van der Waals surface area contributed by atoms with Gasteiger partial charge in [-0.25, -0.2) is 4.79 Å². The van der Waals surface area contributed by atoms with E-state index in [2.05, 4.69) is 4.74 Å². The topological polar surface area (TPSA) is 78.6 Å². The molecule has 0 spiro atoms. The van der Waals surface area contributed by atoms with Gasteiger partial charge in [0.25, 0.3) is 0 Å². The molecule has 0 heterocycles. The van der Waals surface area contributed by atoms with Crippen molar-refractivity contribution in [2.75, 3.05) is 13.7 Å². The van der Waals surface area contributed by atoms with Gasteiger partial charge in [-0.1, -0.05) is 6.08 Å². The standard InChI is InChI=1S/C13H19NO4/c1-5-18-12(16)13(3)6-8(2)10(14)9(7-13)11(15)17-4/h7H,5-6,14H2,1-4H3. The highest BCUT2D eigenvalue weighted by Gasteiger charge is 2.38. The first-order chi connectivity index (χ1) is 8.35. The minimum Gasteiger partial charge on any atom is -0.465 e. The van der Waals surface area contributed by atoms with Crippen molar-refractivity contribution in [2.45, 2.75) is 27.2 Å². The Morgan fingerprint density at radius 1 is 1.50 bits per heavy atom. The molecule has 0 fully saturated rings. The summed E-state index contributed by atoms with van der Waals surface area (Å²) >= 11 is 0. The van der Waals surface area contributed by atoms with Crippen LogP contribution in [-0.4, -0.2) is 25.7 Å². The van der Waals surface area contributed by atoms with E-state index in [4.69, 9.17) is 10.5 Å². The zero-order chi connectivity index (χ0) is 13.9. The molecular formula is C13H19NO4. The number of esters is 2. The molecule has 1 unspecified atom stereocenters. The third-order valence-corrected chi connectivity index (χ3v) is 2.99. The number of ether oxygens (including phenoxy) is 2. The monoisotopic (exact) mass is 253 g/mol. The predicted octanol–water partition coefficient (Wildman–Crippen LogP) is 1.29. The Hall–Kier alpha value is -1.78. The molecule has 0 aromatic rings. The Bertz CT molecular complexity index is 436. The van der Waals surface area contributed by atoms with Gasteiger partial charge >= 0.3 is 11.9 Å². The van der Waals surface area contributed by atoms with Gasteiger partial charge in [-0.05, 0) is 32.8 Å². The lowest BCUT2D eigenvalue weighted by Gasteiger charge is -2.29. The Labute approximate surface area is 107 Å². The summed E-state index contributed by atoms with van der Waals surface area (Å²) in [6, 6.07) is 0. The van der Waals surface area contributed by atoms with Crippen molar-refractivity contribution >= 4 is 11.9 Å². The highest BCUT2D eigenvalue weighted by molar-refractivity contribution is 5.95. The SMILES string of the molecule is CCOC(=O)C1(C)C=C(C(=O)OC)C(N)=C(C)C1. The molecule has 0 radical (unpaired) electrons. The van der Waals surface area contributed by atoms with Crippen LogP contribution in [0, 0.1) is 5.41 Å². The predicted molar refractivity (Wildman–Crippen MR) is 66.3 cm³/mol. The van der Waals surface area contributed by atoms with Crippen LogP contribution in [0.1, 0.15) is 27.2 Å². The number of allylic oxidation sites excluding steroid dienone is 1. The lowest BCUT2D eigenvalue weighted by atomic mass is 9.77. The van der Waals surface area contributed by atoms with Crippen molar-refractivity contribution in [2.24, 2.45) is 11.1 Å². The Kier molecular flexibility index (Phi) is 4.16. The third kappa shape index (κ3) is 2.55. The van der Waals surface area contributed by atoms with E-state index in [0.29, 0.717) is 18.7 Å². The van der Waals surface area contributed by atoms with E-state index in [1.807, 2.05) is 0 Å². The molecule has 18 heavy (non-hydrogen) atoms. The van der Waals surface area contributed by atoms with E-state index in [-0.39, 0.29) is 11.5 Å². The van der Waals surface area contributed by atoms with Gasteiger partial charge in [0.15, 0.2) is 0 Å². The van der Waals surface area contributed by atoms with Crippen LogP contribution in [0.2, 0.25) is 0 Å². The smallest absolute Gasteiger partial charge is 0.339 e. The molecule has 1 aliphatic rings. The summed E-state index contributed by atoms with van der Waals surface area (Å²) in [5.74, 6) is -0.902. The average Bonchev–Trinajstić information content (AvgIpc) is 2.33. The Balaban J connectivity index is 3.17. The summed E-state index contributed by atoms with van der Waals surface area (Å²) < 4.78 is 9.70. The summed E-state index contributed by atoms with van der Waals surface area (Å²) in [7, 11) is 1.28. The zero-order valence-electron chi connectivity index (χ0n) is 11.2. The molecule has 0 aromatic heterocycles. The number of carbonyl (C=O) groups excluding carboxylic acids is 2. The normalized spacial score (nSPS) is 23.4. The van der Waals surface area contributed by atoms with Crippen LogP contribution in [0.5, 0.6) is 0 Å². The van der Waals surface area contributed by atoms with Crippen LogP contribution in [0.25, 0.3) is 0 Å². The van der Waals surface area contributed by atoms with Crippen molar-refractivity contribution in [3.05, 3.63) is 22.9 Å². The lowest BCUT2D eigenvalue weighted by Crippen LogP contribution is -2.33. The molecular weight excluding hydrogens is 234 g/mol. The van der Waals surface area contributed by atoms with Crippen LogP contribution in [0.15, 0.2) is 22.9 Å². The number of hydrogen-bond donors (Lipinski definition) is 1. The maximum absolute atomic E-state index is 11.9. The quantitative estimate of drug-likeness (QED) is 0.767. The van der Waals surface area contributed by atoms with Crippen molar-refractivity contribution in [3.63, 3.8) is 0 Å². The first kappa shape index (κ1) is 14.3. The molecule has 1 rings (SSSR count). The van der Waals surface area contributed by atoms with Crippen LogP contribution in [0.3, 0.4) is 0 Å². The van der Waals surface area contributed by atoms with Crippen molar-refractivity contribution < 1.29 is 19.1 Å². The number of rotatable bonds is 3. The molecule has 0 saturated heterocycles. The van der Waals surface area contributed by atoms with E-state index in [1.54, 1.807) is 26.8 Å². The van der Waals surface area contributed by atoms with Gasteiger partial charge < -0.3 is 15.2 Å². The fourth-order valence-corrected chi connectivity index (χ4v) is 2.03. The van der Waals surface area contributed by atoms with Gasteiger partial charge in [0.2, 0.25) is 0 Å². The van der Waals surface area contributed by atoms with Gasteiger partial charge in [-0.15, -0.1) is 0 Å². The summed E-state index contributed by atoms with van der Waals surface area (Å²) in [6.45, 7) is 5.56. The van der Waals surface area contributed by atoms with Gasteiger partial charge in [-0.2, -0.15) is 0 Å². The molecule has 100 valence electrons. The van der Waals surface area contributed by atoms with Gasteiger partial charge in [0.1, 0.15) is 0 Å². The Morgan fingerprint density at radius 3 is 2.61 bits per heavy atom. The molecule has 1 atom stereocenters. The summed E-state index contributed by atoms with van der Waals surface area (Å²) in [6.07, 6.45) is 1.98. The first-order valence-electron chi connectivity index (χ1n) is 5.79. The number of hydrogen-bond acceptors (Lipinski definition) is 5. The number of carbonyl (C=O) groups is 2. The zero-order valence-corrected chi connectivity index (χ0v) is 11.2. The minimum atomic E-state index is -0.869. The van der Waals surface area contributed by atoms with Crippen LogP contribution < -0.4 is 5.73 Å². The van der Waals surface area contributed by atoms with Crippen molar-refractivity contribution in [1.29, 1.82) is 0 Å². The molecule has 0 amide bonds. The summed E-state index contributed by atoms with van der Waals surface area (Å²) in [5, 5.41) is 0. The molecule has 5 nitrogen and oxygen atoms in total. The second kappa shape index (κ2) is 5.25. The molecule has 5 heteroatoms. The van der Waals surface area contributed by atoms with Gasteiger partial charge in [0, 0.05) is 5.70 Å². The highest BCUT2D eigenvalue weighted by atomic mass is 16.5. The average molecular weight is 253 g/mol. The van der Waals surface area contributed by atoms with Gasteiger partial charge in [0.05, 0.1) is 24.7 Å². The minimum absolute atomic E-state index is 0.233. The fraction of sp³-hybridized carbons (Fsp3) is 0.538. The lowest BCUT2D eigenvalue weighted by molar-refractivity contribution is -0.151. The third-order valence-electron chi connectivity index (χ3n) is 2.99. The maximum atomic E-state index is 11.9. The first-order valence-corrected chi connectivity index (χ1v) is 5.79. The molecule has 0 aromatic carbocycles. The van der Waals surface area contributed by atoms with E-state index in [1.165, 1.54) is 7.11 Å². The van der Waals surface area contributed by atoms with Crippen LogP contribution in [-0.2, 0) is 19.1 Å². The summed E-state index contributed by atoms with van der Waals surface area (Å²) in [4.78, 5) is 23.6. The highest BCUT2D eigenvalue weighted by Crippen LogP contribution is 2.37. The molecule has 0 aliphatic heterocycles. The number of methoxy groups -OCH3 is 1. The summed E-state index contributed by atoms with van der Waals surface area (Å²) in [5.41, 5.74) is 6.38. The fourth-order valence-electron chi connectivity index (χ4n) is 2.03.